The summed E-state index contributed by atoms with van der Waals surface area (Å²) in [7, 11) is 0. The Morgan fingerprint density at radius 3 is 3.00 bits per heavy atom. The lowest BCUT2D eigenvalue weighted by Crippen LogP contribution is -2.16. The number of hydrogen-bond donors (Lipinski definition) is 1. The zero-order valence-electron chi connectivity index (χ0n) is 11.4. The molecule has 0 amide bonds. The molecule has 1 saturated carbocycles. The highest BCUT2D eigenvalue weighted by Gasteiger charge is 2.21. The average Bonchev–Trinajstić information content (AvgIpc) is 3.17. The van der Waals surface area contributed by atoms with Crippen molar-refractivity contribution in [1.29, 1.82) is 0 Å². The molecule has 1 heterocycles. The van der Waals surface area contributed by atoms with Gasteiger partial charge >= 0.3 is 0 Å². The number of aryl methyl sites for hydroxylation is 1. The Hall–Kier alpha value is -1.10. The van der Waals surface area contributed by atoms with Gasteiger partial charge in [-0.3, -0.25) is 0 Å². The van der Waals surface area contributed by atoms with Crippen LogP contribution in [0.3, 0.4) is 0 Å². The monoisotopic (exact) mass is 308 g/mol. The number of nitrogens with one attached hydrogen (secondary N) is 1. The van der Waals surface area contributed by atoms with Crippen LogP contribution >= 0.6 is 22.9 Å². The quantitative estimate of drug-likeness (QED) is 0.878. The van der Waals surface area contributed by atoms with Crippen LogP contribution in [0.5, 0.6) is 5.75 Å². The Morgan fingerprint density at radius 1 is 1.45 bits per heavy atom. The fraction of sp³-hybridized carbons (Fsp3) is 0.400. The average molecular weight is 309 g/mol. The molecule has 1 aliphatic carbocycles. The van der Waals surface area contributed by atoms with Gasteiger partial charge in [0.2, 0.25) is 0 Å². The zero-order chi connectivity index (χ0) is 13.9. The van der Waals surface area contributed by atoms with Crippen molar-refractivity contribution < 1.29 is 4.74 Å². The summed E-state index contributed by atoms with van der Waals surface area (Å²) in [6.45, 7) is 3.32. The molecule has 3 nitrogen and oxygen atoms in total. The molecule has 0 atom stereocenters. The standard InChI is InChI=1S/C15H17ClN2OS/c1-10-17-8-13(20-10)9-19-15-11(3-2-4-14(15)16)7-18-12-5-6-12/h2-4,8,12,18H,5-7,9H2,1H3. The van der Waals surface area contributed by atoms with Crippen molar-refractivity contribution in [2.24, 2.45) is 0 Å². The van der Waals surface area contributed by atoms with Gasteiger partial charge in [0.05, 0.1) is 14.9 Å². The van der Waals surface area contributed by atoms with E-state index >= 15 is 0 Å². The van der Waals surface area contributed by atoms with Gasteiger partial charge in [-0.2, -0.15) is 0 Å². The van der Waals surface area contributed by atoms with Crippen LogP contribution in [0.15, 0.2) is 24.4 Å². The van der Waals surface area contributed by atoms with Gasteiger partial charge in [-0.05, 0) is 25.8 Å². The smallest absolute Gasteiger partial charge is 0.142 e. The van der Waals surface area contributed by atoms with Crippen LogP contribution in [0.25, 0.3) is 0 Å². The number of rotatable bonds is 6. The minimum absolute atomic E-state index is 0.520. The van der Waals surface area contributed by atoms with Crippen LogP contribution in [0.2, 0.25) is 5.02 Å². The number of nitrogens with zero attached hydrogens (tertiary/aromatic N) is 1. The van der Waals surface area contributed by atoms with Crippen molar-refractivity contribution in [3.63, 3.8) is 0 Å². The minimum atomic E-state index is 0.520. The normalized spacial score (nSPS) is 14.5. The SMILES string of the molecule is Cc1ncc(COc2c(Cl)cccc2CNC2CC2)s1. The lowest BCUT2D eigenvalue weighted by molar-refractivity contribution is 0.305. The van der Waals surface area contributed by atoms with Gasteiger partial charge in [-0.15, -0.1) is 11.3 Å². The highest BCUT2D eigenvalue weighted by molar-refractivity contribution is 7.11. The van der Waals surface area contributed by atoms with Gasteiger partial charge in [-0.1, -0.05) is 23.7 Å². The lowest BCUT2D eigenvalue weighted by atomic mass is 10.2. The first-order valence-corrected chi connectivity index (χ1v) is 7.96. The molecule has 0 unspecified atom stereocenters. The molecule has 0 saturated heterocycles. The molecule has 20 heavy (non-hydrogen) atoms. The van der Waals surface area contributed by atoms with Crippen molar-refractivity contribution in [2.45, 2.75) is 39.0 Å². The van der Waals surface area contributed by atoms with E-state index in [1.807, 2.05) is 25.3 Å². The summed E-state index contributed by atoms with van der Waals surface area (Å²) in [6.07, 6.45) is 4.41. The summed E-state index contributed by atoms with van der Waals surface area (Å²) in [6, 6.07) is 6.57. The number of thiazole rings is 1. The summed E-state index contributed by atoms with van der Waals surface area (Å²) < 4.78 is 5.92. The molecule has 1 aliphatic rings. The molecule has 0 aliphatic heterocycles. The molecular formula is C15H17ClN2OS. The summed E-state index contributed by atoms with van der Waals surface area (Å²) in [5.74, 6) is 0.786. The third kappa shape index (κ3) is 3.51. The second kappa shape index (κ2) is 6.12. The predicted octanol–water partition coefficient (Wildman–Crippen LogP) is 3.94. The maximum atomic E-state index is 6.27. The third-order valence-corrected chi connectivity index (χ3v) is 4.42. The van der Waals surface area contributed by atoms with Crippen molar-refractivity contribution in [1.82, 2.24) is 10.3 Å². The van der Waals surface area contributed by atoms with Gasteiger partial charge in [0.25, 0.3) is 0 Å². The van der Waals surface area contributed by atoms with Gasteiger partial charge in [0.15, 0.2) is 0 Å². The van der Waals surface area contributed by atoms with Crippen LogP contribution in [0, 0.1) is 6.92 Å². The van der Waals surface area contributed by atoms with Crippen LogP contribution in [0.1, 0.15) is 28.3 Å². The number of benzene rings is 1. The molecule has 1 N–H and O–H groups in total. The fourth-order valence-corrected chi connectivity index (χ4v) is 2.97. The van der Waals surface area contributed by atoms with E-state index in [-0.39, 0.29) is 0 Å². The van der Waals surface area contributed by atoms with Crippen molar-refractivity contribution >= 4 is 22.9 Å². The molecule has 1 aromatic carbocycles. The van der Waals surface area contributed by atoms with Gasteiger partial charge in [-0.25, -0.2) is 4.98 Å². The third-order valence-electron chi connectivity index (χ3n) is 3.23. The first kappa shape index (κ1) is 13.9. The maximum absolute atomic E-state index is 6.27. The highest BCUT2D eigenvalue weighted by atomic mass is 35.5. The van der Waals surface area contributed by atoms with Gasteiger partial charge in [0, 0.05) is 24.3 Å². The second-order valence-corrected chi connectivity index (χ2v) is 6.74. The number of aromatic nitrogens is 1. The van der Waals surface area contributed by atoms with E-state index in [1.165, 1.54) is 12.8 Å². The number of halogens is 1. The van der Waals surface area contributed by atoms with E-state index in [9.17, 15) is 0 Å². The molecular weight excluding hydrogens is 292 g/mol. The van der Waals surface area contributed by atoms with E-state index < -0.39 is 0 Å². The van der Waals surface area contributed by atoms with E-state index in [0.29, 0.717) is 17.7 Å². The van der Waals surface area contributed by atoms with E-state index in [1.54, 1.807) is 11.3 Å². The Bertz CT molecular complexity index is 595. The van der Waals surface area contributed by atoms with Crippen molar-refractivity contribution in [3.05, 3.63) is 44.9 Å². The summed E-state index contributed by atoms with van der Waals surface area (Å²) in [4.78, 5) is 5.35. The van der Waals surface area contributed by atoms with E-state index in [4.69, 9.17) is 16.3 Å². The maximum Gasteiger partial charge on any atom is 0.142 e. The molecule has 2 aromatic rings. The minimum Gasteiger partial charge on any atom is -0.486 e. The molecule has 5 heteroatoms. The van der Waals surface area contributed by atoms with E-state index in [2.05, 4.69) is 16.4 Å². The first-order valence-electron chi connectivity index (χ1n) is 6.77. The Kier molecular flexibility index (Phi) is 4.24. The van der Waals surface area contributed by atoms with Crippen molar-refractivity contribution in [2.75, 3.05) is 0 Å². The van der Waals surface area contributed by atoms with Crippen molar-refractivity contribution in [3.8, 4) is 5.75 Å². The summed E-state index contributed by atoms with van der Waals surface area (Å²) in [5.41, 5.74) is 1.12. The van der Waals surface area contributed by atoms with Crippen LogP contribution < -0.4 is 10.1 Å². The van der Waals surface area contributed by atoms with Crippen LogP contribution in [0.4, 0.5) is 0 Å². The summed E-state index contributed by atoms with van der Waals surface area (Å²) >= 11 is 7.92. The number of ether oxygens (including phenoxy) is 1. The van der Waals surface area contributed by atoms with Crippen LogP contribution in [-0.2, 0) is 13.2 Å². The predicted molar refractivity (Wildman–Crippen MR) is 82.5 cm³/mol. The Balaban J connectivity index is 1.69. The molecule has 106 valence electrons. The van der Waals surface area contributed by atoms with Gasteiger partial charge < -0.3 is 10.1 Å². The Labute approximate surface area is 127 Å². The van der Waals surface area contributed by atoms with E-state index in [0.717, 1.165) is 27.7 Å². The largest absolute Gasteiger partial charge is 0.486 e. The second-order valence-electron chi connectivity index (χ2n) is 5.02. The Morgan fingerprint density at radius 2 is 2.30 bits per heavy atom. The highest BCUT2D eigenvalue weighted by Crippen LogP contribution is 2.30. The molecule has 3 rings (SSSR count). The number of para-hydroxylation sites is 1. The molecule has 0 radical (unpaired) electrons. The molecule has 0 spiro atoms. The molecule has 1 fully saturated rings. The zero-order valence-corrected chi connectivity index (χ0v) is 12.9. The number of hydrogen-bond acceptors (Lipinski definition) is 4. The fourth-order valence-electron chi connectivity index (χ4n) is 2.01. The first-order chi connectivity index (χ1) is 9.72. The summed E-state index contributed by atoms with van der Waals surface area (Å²) in [5, 5.41) is 5.22. The van der Waals surface area contributed by atoms with Gasteiger partial charge in [0.1, 0.15) is 12.4 Å². The molecule has 1 aromatic heterocycles. The molecule has 0 bridgehead atoms. The lowest BCUT2D eigenvalue weighted by Gasteiger charge is -2.13. The van der Waals surface area contributed by atoms with Crippen LogP contribution in [-0.4, -0.2) is 11.0 Å². The topological polar surface area (TPSA) is 34.1 Å².